The van der Waals surface area contributed by atoms with E-state index in [1.54, 1.807) is 0 Å². The number of nitrogens with one attached hydrogen (secondary N) is 1. The number of rotatable bonds is 6. The molecule has 2 heterocycles. The van der Waals surface area contributed by atoms with Crippen LogP contribution in [0.5, 0.6) is 0 Å². The molecule has 0 bridgehead atoms. The highest BCUT2D eigenvalue weighted by molar-refractivity contribution is 5.85. The zero-order valence-electron chi connectivity index (χ0n) is 14.2. The second kappa shape index (κ2) is 8.29. The fraction of sp³-hybridized carbons (Fsp3) is 0.579. The number of nitrogens with zero attached hydrogens (tertiary/aromatic N) is 2. The van der Waals surface area contributed by atoms with Crippen LogP contribution in [0.15, 0.2) is 30.3 Å². The second-order valence-corrected chi connectivity index (χ2v) is 6.82. The van der Waals surface area contributed by atoms with Crippen LogP contribution in [0.4, 0.5) is 0 Å². The lowest BCUT2D eigenvalue weighted by Gasteiger charge is -2.24. The minimum Gasteiger partial charge on any atom is -0.346 e. The standard InChI is InChI=1S/C19H27N3O2/c23-18(20-14-19(24)21-10-4-5-11-21)15-22-12-6-9-17(22)13-16-7-2-1-3-8-16/h1-3,7-8,17H,4-6,9-15H2,(H,20,23). The van der Waals surface area contributed by atoms with Crippen molar-refractivity contribution in [2.75, 3.05) is 32.7 Å². The van der Waals surface area contributed by atoms with Gasteiger partial charge in [0.2, 0.25) is 11.8 Å². The van der Waals surface area contributed by atoms with Crippen molar-refractivity contribution in [3.05, 3.63) is 35.9 Å². The number of likely N-dealkylation sites (tertiary alicyclic amines) is 2. The highest BCUT2D eigenvalue weighted by Gasteiger charge is 2.26. The third-order valence-corrected chi connectivity index (χ3v) is 5.06. The second-order valence-electron chi connectivity index (χ2n) is 6.82. The minimum atomic E-state index is -0.0393. The summed E-state index contributed by atoms with van der Waals surface area (Å²) in [4.78, 5) is 28.3. The highest BCUT2D eigenvalue weighted by Crippen LogP contribution is 2.20. The molecule has 1 aromatic carbocycles. The van der Waals surface area contributed by atoms with Crippen LogP contribution in [0.25, 0.3) is 0 Å². The molecule has 0 aliphatic carbocycles. The van der Waals surface area contributed by atoms with Crippen LogP contribution in [0.1, 0.15) is 31.2 Å². The molecule has 1 N–H and O–H groups in total. The molecule has 130 valence electrons. The van der Waals surface area contributed by atoms with Gasteiger partial charge in [0.25, 0.3) is 0 Å². The average Bonchev–Trinajstić information content (AvgIpc) is 3.26. The Morgan fingerprint density at radius 2 is 1.79 bits per heavy atom. The first-order valence-corrected chi connectivity index (χ1v) is 9.05. The Morgan fingerprint density at radius 3 is 2.54 bits per heavy atom. The molecular weight excluding hydrogens is 302 g/mol. The van der Waals surface area contributed by atoms with E-state index in [2.05, 4.69) is 34.5 Å². The summed E-state index contributed by atoms with van der Waals surface area (Å²) in [6.45, 7) is 3.16. The molecule has 0 spiro atoms. The van der Waals surface area contributed by atoms with Crippen molar-refractivity contribution < 1.29 is 9.59 Å². The third kappa shape index (κ3) is 4.57. The molecule has 5 heteroatoms. The molecule has 2 fully saturated rings. The normalized spacial score (nSPS) is 21.2. The summed E-state index contributed by atoms with van der Waals surface area (Å²) in [5, 5.41) is 2.80. The number of carbonyl (C=O) groups is 2. The number of carbonyl (C=O) groups excluding carboxylic acids is 2. The minimum absolute atomic E-state index is 0.0393. The van der Waals surface area contributed by atoms with E-state index in [4.69, 9.17) is 0 Å². The lowest BCUT2D eigenvalue weighted by molar-refractivity contribution is -0.132. The van der Waals surface area contributed by atoms with E-state index in [-0.39, 0.29) is 18.4 Å². The molecule has 24 heavy (non-hydrogen) atoms. The van der Waals surface area contributed by atoms with Gasteiger partial charge in [-0.2, -0.15) is 0 Å². The van der Waals surface area contributed by atoms with Gasteiger partial charge in [0, 0.05) is 19.1 Å². The van der Waals surface area contributed by atoms with E-state index in [0.29, 0.717) is 12.6 Å². The number of benzene rings is 1. The first-order valence-electron chi connectivity index (χ1n) is 9.05. The summed E-state index contributed by atoms with van der Waals surface area (Å²) in [7, 11) is 0. The van der Waals surface area contributed by atoms with Gasteiger partial charge in [0.1, 0.15) is 0 Å². The fourth-order valence-corrected chi connectivity index (χ4v) is 3.71. The smallest absolute Gasteiger partial charge is 0.241 e. The van der Waals surface area contributed by atoms with Crippen LogP contribution >= 0.6 is 0 Å². The van der Waals surface area contributed by atoms with Gasteiger partial charge in [-0.15, -0.1) is 0 Å². The summed E-state index contributed by atoms with van der Waals surface area (Å²) < 4.78 is 0. The Morgan fingerprint density at radius 1 is 1.04 bits per heavy atom. The Bertz CT molecular complexity index is 555. The molecule has 2 amide bonds. The van der Waals surface area contributed by atoms with Crippen molar-refractivity contribution in [2.24, 2.45) is 0 Å². The van der Waals surface area contributed by atoms with Gasteiger partial charge in [0.15, 0.2) is 0 Å². The van der Waals surface area contributed by atoms with E-state index in [9.17, 15) is 9.59 Å². The summed E-state index contributed by atoms with van der Waals surface area (Å²) >= 11 is 0. The van der Waals surface area contributed by atoms with Gasteiger partial charge >= 0.3 is 0 Å². The molecular formula is C19H27N3O2. The molecule has 1 atom stereocenters. The zero-order valence-corrected chi connectivity index (χ0v) is 14.2. The monoisotopic (exact) mass is 329 g/mol. The van der Waals surface area contributed by atoms with Crippen molar-refractivity contribution in [3.8, 4) is 0 Å². The van der Waals surface area contributed by atoms with Gasteiger partial charge in [0.05, 0.1) is 13.1 Å². The van der Waals surface area contributed by atoms with E-state index in [1.807, 2.05) is 11.0 Å². The quantitative estimate of drug-likeness (QED) is 0.859. The van der Waals surface area contributed by atoms with E-state index < -0.39 is 0 Å². The van der Waals surface area contributed by atoms with Gasteiger partial charge in [-0.3, -0.25) is 14.5 Å². The molecule has 2 saturated heterocycles. The maximum absolute atomic E-state index is 12.2. The van der Waals surface area contributed by atoms with Gasteiger partial charge in [-0.05, 0) is 44.2 Å². The van der Waals surface area contributed by atoms with Crippen LogP contribution in [-0.2, 0) is 16.0 Å². The van der Waals surface area contributed by atoms with Crippen molar-refractivity contribution in [1.82, 2.24) is 15.1 Å². The number of hydrogen-bond donors (Lipinski definition) is 1. The Hall–Kier alpha value is -1.88. The summed E-state index contributed by atoms with van der Waals surface area (Å²) in [6.07, 6.45) is 5.41. The molecule has 0 radical (unpaired) electrons. The average molecular weight is 329 g/mol. The predicted molar refractivity (Wildman–Crippen MR) is 93.6 cm³/mol. The van der Waals surface area contributed by atoms with E-state index in [0.717, 1.165) is 51.7 Å². The van der Waals surface area contributed by atoms with E-state index >= 15 is 0 Å². The van der Waals surface area contributed by atoms with Crippen molar-refractivity contribution in [2.45, 2.75) is 38.1 Å². The first-order chi connectivity index (χ1) is 11.7. The molecule has 2 aliphatic heterocycles. The maximum atomic E-state index is 12.2. The molecule has 1 unspecified atom stereocenters. The van der Waals surface area contributed by atoms with Crippen molar-refractivity contribution in [1.29, 1.82) is 0 Å². The Labute approximate surface area is 144 Å². The largest absolute Gasteiger partial charge is 0.346 e. The van der Waals surface area contributed by atoms with Gasteiger partial charge in [-0.1, -0.05) is 30.3 Å². The van der Waals surface area contributed by atoms with Crippen LogP contribution in [0.2, 0.25) is 0 Å². The van der Waals surface area contributed by atoms with Crippen molar-refractivity contribution in [3.63, 3.8) is 0 Å². The number of hydrogen-bond acceptors (Lipinski definition) is 3. The molecule has 0 saturated carbocycles. The van der Waals surface area contributed by atoms with Gasteiger partial charge in [-0.25, -0.2) is 0 Å². The lowest BCUT2D eigenvalue weighted by atomic mass is 10.0. The van der Waals surface area contributed by atoms with Crippen LogP contribution in [-0.4, -0.2) is 60.4 Å². The lowest BCUT2D eigenvalue weighted by Crippen LogP contribution is -2.44. The van der Waals surface area contributed by atoms with Crippen LogP contribution in [0, 0.1) is 0 Å². The maximum Gasteiger partial charge on any atom is 0.241 e. The third-order valence-electron chi connectivity index (χ3n) is 5.06. The molecule has 1 aromatic rings. The summed E-state index contributed by atoms with van der Waals surface area (Å²) in [6, 6.07) is 10.9. The van der Waals surface area contributed by atoms with Crippen LogP contribution in [0.3, 0.4) is 0 Å². The zero-order chi connectivity index (χ0) is 16.8. The molecule has 2 aliphatic rings. The van der Waals surface area contributed by atoms with E-state index in [1.165, 1.54) is 5.56 Å². The SMILES string of the molecule is O=C(CN1CCCC1Cc1ccccc1)NCC(=O)N1CCCC1. The fourth-order valence-electron chi connectivity index (χ4n) is 3.71. The molecule has 0 aromatic heterocycles. The first kappa shape index (κ1) is 17.0. The topological polar surface area (TPSA) is 52.7 Å². The van der Waals surface area contributed by atoms with Gasteiger partial charge < -0.3 is 10.2 Å². The number of amides is 2. The van der Waals surface area contributed by atoms with Crippen LogP contribution < -0.4 is 5.32 Å². The van der Waals surface area contributed by atoms with Crippen molar-refractivity contribution >= 4 is 11.8 Å². The molecule has 3 rings (SSSR count). The summed E-state index contributed by atoms with van der Waals surface area (Å²) in [5.41, 5.74) is 1.32. The predicted octanol–water partition coefficient (Wildman–Crippen LogP) is 1.43. The highest BCUT2D eigenvalue weighted by atomic mass is 16.2. The molecule has 5 nitrogen and oxygen atoms in total. The summed E-state index contributed by atoms with van der Waals surface area (Å²) in [5.74, 6) is 0.00520. The Balaban J connectivity index is 1.43. The Kier molecular flexibility index (Phi) is 5.86.